The molecule has 0 saturated carbocycles. The molecule has 1 N–H and O–H groups in total. The van der Waals surface area contributed by atoms with Gasteiger partial charge in [0, 0.05) is 5.56 Å². The normalized spacial score (nSPS) is 9.33. The first-order valence-electron chi connectivity index (χ1n) is 3.95. The lowest BCUT2D eigenvalue weighted by atomic mass is 10.1. The number of aromatic hydroxyl groups is 1. The van der Waals surface area contributed by atoms with Crippen molar-refractivity contribution >= 4 is 0 Å². The summed E-state index contributed by atoms with van der Waals surface area (Å²) in [6.45, 7) is 2.03. The molecule has 12 heavy (non-hydrogen) atoms. The predicted molar refractivity (Wildman–Crippen MR) is 46.8 cm³/mol. The van der Waals surface area contributed by atoms with Crippen LogP contribution in [0.1, 0.15) is 18.1 Å². The number of hydrogen-bond donors (Lipinski definition) is 1. The minimum atomic E-state index is 0.232. The van der Waals surface area contributed by atoms with Crippen LogP contribution in [-0.4, -0.2) is 5.11 Å². The Balaban J connectivity index is 2.97. The Bertz CT molecular complexity index is 312. The van der Waals surface area contributed by atoms with E-state index in [0.717, 1.165) is 12.0 Å². The molecular formula is C10H11NO. The third-order valence-corrected chi connectivity index (χ3v) is 1.83. The molecule has 0 saturated heterocycles. The zero-order chi connectivity index (χ0) is 8.97. The Hall–Kier alpha value is -1.49. The second-order valence-electron chi connectivity index (χ2n) is 2.65. The van der Waals surface area contributed by atoms with E-state index >= 15 is 0 Å². The van der Waals surface area contributed by atoms with Gasteiger partial charge in [-0.25, -0.2) is 0 Å². The SMILES string of the molecule is CCc1ccc(CC#N)c(O)c1. The number of nitriles is 1. The van der Waals surface area contributed by atoms with Crippen LogP contribution < -0.4 is 0 Å². The zero-order valence-corrected chi connectivity index (χ0v) is 7.04. The summed E-state index contributed by atoms with van der Waals surface area (Å²) in [4.78, 5) is 0. The van der Waals surface area contributed by atoms with Crippen LogP contribution in [0, 0.1) is 11.3 Å². The van der Waals surface area contributed by atoms with Crippen molar-refractivity contribution in [2.75, 3.05) is 0 Å². The van der Waals surface area contributed by atoms with E-state index in [1.54, 1.807) is 12.1 Å². The fraction of sp³-hybridized carbons (Fsp3) is 0.300. The zero-order valence-electron chi connectivity index (χ0n) is 7.04. The van der Waals surface area contributed by atoms with Gasteiger partial charge >= 0.3 is 0 Å². The highest BCUT2D eigenvalue weighted by atomic mass is 16.3. The van der Waals surface area contributed by atoms with Crippen LogP contribution in [0.5, 0.6) is 5.75 Å². The molecule has 0 aliphatic heterocycles. The van der Waals surface area contributed by atoms with Gasteiger partial charge in [-0.2, -0.15) is 5.26 Å². The number of nitrogens with zero attached hydrogens (tertiary/aromatic N) is 1. The Morgan fingerprint density at radius 3 is 2.75 bits per heavy atom. The highest BCUT2D eigenvalue weighted by Gasteiger charge is 2.00. The van der Waals surface area contributed by atoms with Gasteiger partial charge < -0.3 is 5.11 Å². The number of rotatable bonds is 2. The van der Waals surface area contributed by atoms with Crippen LogP contribution in [0.4, 0.5) is 0 Å². The number of phenolic OH excluding ortho intramolecular Hbond substituents is 1. The summed E-state index contributed by atoms with van der Waals surface area (Å²) in [7, 11) is 0. The van der Waals surface area contributed by atoms with Crippen LogP contribution >= 0.6 is 0 Å². The minimum Gasteiger partial charge on any atom is -0.508 e. The standard InChI is InChI=1S/C10H11NO/c1-2-8-3-4-9(5-6-11)10(12)7-8/h3-4,7,12H,2,5H2,1H3. The maximum absolute atomic E-state index is 9.40. The van der Waals surface area contributed by atoms with Crippen molar-refractivity contribution in [2.24, 2.45) is 0 Å². The first-order chi connectivity index (χ1) is 5.77. The number of benzene rings is 1. The molecule has 0 amide bonds. The Labute approximate surface area is 72.1 Å². The summed E-state index contributed by atoms with van der Waals surface area (Å²) >= 11 is 0. The van der Waals surface area contributed by atoms with E-state index in [2.05, 4.69) is 0 Å². The molecule has 0 unspecified atom stereocenters. The molecule has 1 aromatic carbocycles. The second-order valence-corrected chi connectivity index (χ2v) is 2.65. The quantitative estimate of drug-likeness (QED) is 0.721. The molecule has 0 radical (unpaired) electrons. The first kappa shape index (κ1) is 8.61. The summed E-state index contributed by atoms with van der Waals surface area (Å²) < 4.78 is 0. The Kier molecular flexibility index (Phi) is 2.71. The largest absolute Gasteiger partial charge is 0.508 e. The number of phenols is 1. The molecule has 2 nitrogen and oxygen atoms in total. The van der Waals surface area contributed by atoms with Crippen molar-refractivity contribution in [3.05, 3.63) is 29.3 Å². The van der Waals surface area contributed by atoms with Crippen LogP contribution in [-0.2, 0) is 12.8 Å². The third-order valence-electron chi connectivity index (χ3n) is 1.83. The molecular weight excluding hydrogens is 150 g/mol. The molecule has 62 valence electrons. The lowest BCUT2D eigenvalue weighted by Crippen LogP contribution is -1.85. The highest BCUT2D eigenvalue weighted by Crippen LogP contribution is 2.19. The van der Waals surface area contributed by atoms with Crippen LogP contribution in [0.25, 0.3) is 0 Å². The highest BCUT2D eigenvalue weighted by molar-refractivity contribution is 5.37. The molecule has 0 spiro atoms. The van der Waals surface area contributed by atoms with Gasteiger partial charge in [-0.1, -0.05) is 19.1 Å². The van der Waals surface area contributed by atoms with Gasteiger partial charge in [-0.15, -0.1) is 0 Å². The summed E-state index contributed by atoms with van der Waals surface area (Å²) in [6, 6.07) is 7.46. The maximum atomic E-state index is 9.40. The molecule has 0 aliphatic carbocycles. The van der Waals surface area contributed by atoms with Gasteiger partial charge in [0.1, 0.15) is 5.75 Å². The van der Waals surface area contributed by atoms with Crippen molar-refractivity contribution in [1.29, 1.82) is 5.26 Å². The number of hydrogen-bond acceptors (Lipinski definition) is 2. The lowest BCUT2D eigenvalue weighted by molar-refractivity contribution is 0.469. The molecule has 0 aliphatic rings. The van der Waals surface area contributed by atoms with E-state index in [0.29, 0.717) is 5.56 Å². The summed E-state index contributed by atoms with van der Waals surface area (Å²) in [5.41, 5.74) is 1.80. The molecule has 0 atom stereocenters. The summed E-state index contributed by atoms with van der Waals surface area (Å²) in [6.07, 6.45) is 1.18. The van der Waals surface area contributed by atoms with Crippen LogP contribution in [0.2, 0.25) is 0 Å². The summed E-state index contributed by atoms with van der Waals surface area (Å²) in [5, 5.41) is 17.8. The van der Waals surface area contributed by atoms with Gasteiger partial charge in [0.25, 0.3) is 0 Å². The lowest BCUT2D eigenvalue weighted by Gasteiger charge is -2.01. The van der Waals surface area contributed by atoms with E-state index in [1.807, 2.05) is 19.1 Å². The van der Waals surface area contributed by atoms with E-state index in [4.69, 9.17) is 5.26 Å². The molecule has 1 rings (SSSR count). The first-order valence-corrected chi connectivity index (χ1v) is 3.95. The summed E-state index contributed by atoms with van der Waals surface area (Å²) in [5.74, 6) is 0.232. The molecule has 0 fully saturated rings. The fourth-order valence-electron chi connectivity index (χ4n) is 1.06. The van der Waals surface area contributed by atoms with Crippen molar-refractivity contribution in [2.45, 2.75) is 19.8 Å². The predicted octanol–water partition coefficient (Wildman–Crippen LogP) is 2.02. The van der Waals surface area contributed by atoms with E-state index in [-0.39, 0.29) is 12.2 Å². The van der Waals surface area contributed by atoms with E-state index in [9.17, 15) is 5.11 Å². The van der Waals surface area contributed by atoms with Crippen LogP contribution in [0.3, 0.4) is 0 Å². The molecule has 0 heterocycles. The number of aryl methyl sites for hydroxylation is 1. The minimum absolute atomic E-state index is 0.232. The average molecular weight is 161 g/mol. The van der Waals surface area contributed by atoms with Gasteiger partial charge in [0.05, 0.1) is 12.5 Å². The van der Waals surface area contributed by atoms with Crippen molar-refractivity contribution in [3.63, 3.8) is 0 Å². The van der Waals surface area contributed by atoms with Gasteiger partial charge in [0.15, 0.2) is 0 Å². The van der Waals surface area contributed by atoms with Gasteiger partial charge in [-0.3, -0.25) is 0 Å². The van der Waals surface area contributed by atoms with Crippen molar-refractivity contribution in [3.8, 4) is 11.8 Å². The van der Waals surface area contributed by atoms with E-state index in [1.165, 1.54) is 0 Å². The van der Waals surface area contributed by atoms with E-state index < -0.39 is 0 Å². The molecule has 0 aromatic heterocycles. The fourth-order valence-corrected chi connectivity index (χ4v) is 1.06. The van der Waals surface area contributed by atoms with Gasteiger partial charge in [0.2, 0.25) is 0 Å². The Morgan fingerprint density at radius 1 is 1.50 bits per heavy atom. The average Bonchev–Trinajstić information content (AvgIpc) is 2.09. The molecule has 1 aromatic rings. The van der Waals surface area contributed by atoms with Gasteiger partial charge in [-0.05, 0) is 18.1 Å². The molecule has 0 bridgehead atoms. The third kappa shape index (κ3) is 1.76. The Morgan fingerprint density at radius 2 is 2.25 bits per heavy atom. The second kappa shape index (κ2) is 3.77. The topological polar surface area (TPSA) is 44.0 Å². The monoisotopic (exact) mass is 161 g/mol. The van der Waals surface area contributed by atoms with Crippen LogP contribution in [0.15, 0.2) is 18.2 Å². The van der Waals surface area contributed by atoms with Crippen molar-refractivity contribution in [1.82, 2.24) is 0 Å². The molecule has 2 heteroatoms. The maximum Gasteiger partial charge on any atom is 0.120 e. The smallest absolute Gasteiger partial charge is 0.120 e. The van der Waals surface area contributed by atoms with Crippen molar-refractivity contribution < 1.29 is 5.11 Å².